The van der Waals surface area contributed by atoms with Crippen LogP contribution in [0.15, 0.2) is 35.0 Å². The van der Waals surface area contributed by atoms with Gasteiger partial charge in [0.1, 0.15) is 0 Å². The summed E-state index contributed by atoms with van der Waals surface area (Å²) in [5.74, 6) is 0. The molecule has 0 bridgehead atoms. The molecule has 0 spiro atoms. The molecular formula is C6H8N2. The third-order valence-electron chi connectivity index (χ3n) is 0.450. The van der Waals surface area contributed by atoms with E-state index in [2.05, 4.69) is 23.3 Å². The molecule has 0 heterocycles. The molecule has 0 fully saturated rings. The Bertz CT molecular complexity index is 106. The van der Waals surface area contributed by atoms with E-state index < -0.39 is 0 Å². The second-order valence-corrected chi connectivity index (χ2v) is 1.01. The van der Waals surface area contributed by atoms with Gasteiger partial charge in [-0.15, -0.1) is 0 Å². The SMILES string of the molecule is C=C/C=N\C=C/N=C. The molecule has 0 aromatic carbocycles. The summed E-state index contributed by atoms with van der Waals surface area (Å²) in [4.78, 5) is 7.15. The van der Waals surface area contributed by atoms with Gasteiger partial charge in [0, 0.05) is 18.6 Å². The Morgan fingerprint density at radius 2 is 2.00 bits per heavy atom. The van der Waals surface area contributed by atoms with Crippen molar-refractivity contribution in [1.82, 2.24) is 0 Å². The number of allylic oxidation sites excluding steroid dienone is 1. The number of rotatable bonds is 3. The highest BCUT2D eigenvalue weighted by Crippen LogP contribution is 1.71. The smallest absolute Gasteiger partial charge is 0.0450 e. The van der Waals surface area contributed by atoms with E-state index >= 15 is 0 Å². The Kier molecular flexibility index (Phi) is 4.96. The van der Waals surface area contributed by atoms with Gasteiger partial charge in [-0.05, 0) is 6.72 Å². The third-order valence-corrected chi connectivity index (χ3v) is 0.450. The molecule has 0 aliphatic rings. The van der Waals surface area contributed by atoms with Crippen molar-refractivity contribution in [2.45, 2.75) is 0 Å². The summed E-state index contributed by atoms with van der Waals surface area (Å²) in [5.41, 5.74) is 0. The first-order valence-corrected chi connectivity index (χ1v) is 2.17. The standard InChI is InChI=1S/C6H8N2/c1-3-4-8-6-5-7-2/h3-6H,1-2H2/b6-5-,8-4-. The molecule has 0 radical (unpaired) electrons. The van der Waals surface area contributed by atoms with E-state index in [-0.39, 0.29) is 0 Å². The molecule has 0 saturated carbocycles. The zero-order chi connectivity index (χ0) is 6.24. The lowest BCUT2D eigenvalue weighted by Crippen LogP contribution is -1.55. The molecule has 0 amide bonds. The van der Waals surface area contributed by atoms with E-state index in [0.29, 0.717) is 0 Å². The highest BCUT2D eigenvalue weighted by atomic mass is 14.7. The van der Waals surface area contributed by atoms with Gasteiger partial charge in [-0.1, -0.05) is 12.7 Å². The lowest BCUT2D eigenvalue weighted by molar-refractivity contribution is 1.50. The van der Waals surface area contributed by atoms with Crippen LogP contribution in [0.3, 0.4) is 0 Å². The molecule has 0 rings (SSSR count). The van der Waals surface area contributed by atoms with Crippen LogP contribution in [0, 0.1) is 0 Å². The second-order valence-electron chi connectivity index (χ2n) is 1.01. The summed E-state index contributed by atoms with van der Waals surface area (Å²) in [6.45, 7) is 6.65. The summed E-state index contributed by atoms with van der Waals surface area (Å²) < 4.78 is 0. The minimum absolute atomic E-state index is 1.50. The molecule has 0 aromatic heterocycles. The Labute approximate surface area is 49.0 Å². The van der Waals surface area contributed by atoms with E-state index in [1.807, 2.05) is 0 Å². The van der Waals surface area contributed by atoms with Crippen LogP contribution in [0.1, 0.15) is 0 Å². The van der Waals surface area contributed by atoms with Gasteiger partial charge >= 0.3 is 0 Å². The lowest BCUT2D eigenvalue weighted by atomic mass is 10.7. The summed E-state index contributed by atoms with van der Waals surface area (Å²) in [7, 11) is 0. The Morgan fingerprint density at radius 3 is 2.50 bits per heavy atom. The molecule has 0 aliphatic carbocycles. The monoisotopic (exact) mass is 108 g/mol. The minimum Gasteiger partial charge on any atom is -0.271 e. The fraction of sp³-hybridized carbons (Fsp3) is 0. The minimum atomic E-state index is 1.50. The van der Waals surface area contributed by atoms with Crippen LogP contribution in [0.4, 0.5) is 0 Å². The zero-order valence-electron chi connectivity index (χ0n) is 4.62. The fourth-order valence-electron chi connectivity index (χ4n) is 0.196. The summed E-state index contributed by atoms with van der Waals surface area (Å²) >= 11 is 0. The molecule has 0 aromatic rings. The lowest BCUT2D eigenvalue weighted by Gasteiger charge is -1.68. The Morgan fingerprint density at radius 1 is 1.25 bits per heavy atom. The average Bonchev–Trinajstić information content (AvgIpc) is 1.81. The van der Waals surface area contributed by atoms with Crippen LogP contribution in [-0.4, -0.2) is 12.9 Å². The van der Waals surface area contributed by atoms with Crippen molar-refractivity contribution in [2.24, 2.45) is 9.98 Å². The number of aliphatic imine (C=N–C) groups is 2. The third kappa shape index (κ3) is 4.82. The highest BCUT2D eigenvalue weighted by Gasteiger charge is 1.54. The normalized spacial score (nSPS) is 10.5. The molecule has 8 heavy (non-hydrogen) atoms. The van der Waals surface area contributed by atoms with Crippen molar-refractivity contribution in [1.29, 1.82) is 0 Å². The van der Waals surface area contributed by atoms with E-state index in [1.165, 1.54) is 12.4 Å². The zero-order valence-corrected chi connectivity index (χ0v) is 4.62. The van der Waals surface area contributed by atoms with Crippen LogP contribution in [0.25, 0.3) is 0 Å². The van der Waals surface area contributed by atoms with Crippen LogP contribution in [0.5, 0.6) is 0 Å². The van der Waals surface area contributed by atoms with Crippen LogP contribution >= 0.6 is 0 Å². The fourth-order valence-corrected chi connectivity index (χ4v) is 0.196. The van der Waals surface area contributed by atoms with Gasteiger partial charge in [-0.25, -0.2) is 0 Å². The topological polar surface area (TPSA) is 24.7 Å². The molecule has 0 unspecified atom stereocenters. The molecule has 2 nitrogen and oxygen atoms in total. The number of nitrogens with zero attached hydrogens (tertiary/aromatic N) is 2. The molecule has 0 aliphatic heterocycles. The predicted molar refractivity (Wildman–Crippen MR) is 37.4 cm³/mol. The van der Waals surface area contributed by atoms with Gasteiger partial charge < -0.3 is 0 Å². The van der Waals surface area contributed by atoms with Crippen molar-refractivity contribution in [3.8, 4) is 0 Å². The van der Waals surface area contributed by atoms with Gasteiger partial charge in [0.25, 0.3) is 0 Å². The van der Waals surface area contributed by atoms with E-state index in [4.69, 9.17) is 0 Å². The maximum Gasteiger partial charge on any atom is 0.0450 e. The molecule has 2 heteroatoms. The first-order chi connectivity index (χ1) is 3.91. The number of hydrogen-bond donors (Lipinski definition) is 0. The quantitative estimate of drug-likeness (QED) is 0.488. The van der Waals surface area contributed by atoms with Gasteiger partial charge in [-0.2, -0.15) is 0 Å². The van der Waals surface area contributed by atoms with Gasteiger partial charge in [0.2, 0.25) is 0 Å². The molecule has 0 N–H and O–H groups in total. The van der Waals surface area contributed by atoms with Gasteiger partial charge in [0.15, 0.2) is 0 Å². The van der Waals surface area contributed by atoms with Crippen molar-refractivity contribution in [3.63, 3.8) is 0 Å². The molecular weight excluding hydrogens is 100 g/mol. The van der Waals surface area contributed by atoms with Gasteiger partial charge in [0.05, 0.1) is 0 Å². The van der Waals surface area contributed by atoms with Crippen molar-refractivity contribution in [2.75, 3.05) is 0 Å². The number of hydrogen-bond acceptors (Lipinski definition) is 2. The Balaban J connectivity index is 3.41. The van der Waals surface area contributed by atoms with Crippen LogP contribution < -0.4 is 0 Å². The summed E-state index contributed by atoms with van der Waals surface area (Å²) in [6.07, 6.45) is 6.20. The van der Waals surface area contributed by atoms with E-state index in [1.54, 1.807) is 12.3 Å². The average molecular weight is 108 g/mol. The summed E-state index contributed by atoms with van der Waals surface area (Å²) in [6, 6.07) is 0. The van der Waals surface area contributed by atoms with E-state index in [9.17, 15) is 0 Å². The predicted octanol–water partition coefficient (Wildman–Crippen LogP) is 1.41. The maximum absolute atomic E-state index is 3.72. The molecule has 42 valence electrons. The largest absolute Gasteiger partial charge is 0.271 e. The first kappa shape index (κ1) is 6.82. The molecule has 0 atom stereocenters. The first-order valence-electron chi connectivity index (χ1n) is 2.17. The Hall–Kier alpha value is -1.18. The van der Waals surface area contributed by atoms with Crippen molar-refractivity contribution in [3.05, 3.63) is 25.1 Å². The summed E-state index contributed by atoms with van der Waals surface area (Å²) in [5, 5.41) is 0. The van der Waals surface area contributed by atoms with Crippen molar-refractivity contribution >= 4 is 12.9 Å². The van der Waals surface area contributed by atoms with Crippen LogP contribution in [0.2, 0.25) is 0 Å². The van der Waals surface area contributed by atoms with Gasteiger partial charge in [-0.3, -0.25) is 9.98 Å². The molecule has 0 saturated heterocycles. The highest BCUT2D eigenvalue weighted by molar-refractivity contribution is 5.70. The second kappa shape index (κ2) is 5.82. The van der Waals surface area contributed by atoms with Crippen molar-refractivity contribution < 1.29 is 0 Å². The van der Waals surface area contributed by atoms with Crippen LogP contribution in [-0.2, 0) is 0 Å². The maximum atomic E-state index is 3.72. The van der Waals surface area contributed by atoms with E-state index in [0.717, 1.165) is 0 Å².